The fourth-order valence-corrected chi connectivity index (χ4v) is 0.343. The summed E-state index contributed by atoms with van der Waals surface area (Å²) >= 11 is 0. The van der Waals surface area contributed by atoms with Crippen LogP contribution in [0.4, 0.5) is 0 Å². The highest BCUT2D eigenvalue weighted by Gasteiger charge is 1.70. The lowest BCUT2D eigenvalue weighted by atomic mass is 10.4. The standard InChI is InChI=1S/C7H12O.C2H6/c1-3-4-5-6-7(2)8;1-2/h4-6,8H,3H2,1-2H3;1-2H3/b5-4-,7-6+;. The summed E-state index contributed by atoms with van der Waals surface area (Å²) in [7, 11) is 0. The van der Waals surface area contributed by atoms with Crippen molar-refractivity contribution in [2.24, 2.45) is 0 Å². The maximum atomic E-state index is 8.59. The van der Waals surface area contributed by atoms with Crippen molar-refractivity contribution in [2.75, 3.05) is 0 Å². The van der Waals surface area contributed by atoms with Crippen molar-refractivity contribution in [1.29, 1.82) is 0 Å². The lowest BCUT2D eigenvalue weighted by Crippen LogP contribution is -1.64. The van der Waals surface area contributed by atoms with Gasteiger partial charge in [-0.15, -0.1) is 0 Å². The van der Waals surface area contributed by atoms with Gasteiger partial charge in [-0.05, 0) is 19.4 Å². The Morgan fingerprint density at radius 1 is 1.40 bits per heavy atom. The summed E-state index contributed by atoms with van der Waals surface area (Å²) in [6.07, 6.45) is 6.52. The first-order valence-corrected chi connectivity index (χ1v) is 3.79. The van der Waals surface area contributed by atoms with Gasteiger partial charge in [0.1, 0.15) is 0 Å². The van der Waals surface area contributed by atoms with Gasteiger partial charge in [0.15, 0.2) is 0 Å². The molecule has 1 heteroatoms. The van der Waals surface area contributed by atoms with Crippen LogP contribution in [-0.4, -0.2) is 5.11 Å². The van der Waals surface area contributed by atoms with Gasteiger partial charge in [0.05, 0.1) is 5.76 Å². The number of aliphatic hydroxyl groups is 1. The van der Waals surface area contributed by atoms with Crippen LogP contribution < -0.4 is 0 Å². The molecule has 0 unspecified atom stereocenters. The van der Waals surface area contributed by atoms with E-state index in [1.165, 1.54) is 0 Å². The third-order valence-electron chi connectivity index (χ3n) is 0.709. The van der Waals surface area contributed by atoms with Gasteiger partial charge in [-0.3, -0.25) is 0 Å². The van der Waals surface area contributed by atoms with E-state index in [2.05, 4.69) is 6.92 Å². The molecule has 0 saturated carbocycles. The van der Waals surface area contributed by atoms with E-state index in [9.17, 15) is 0 Å². The Balaban J connectivity index is 0. The fraction of sp³-hybridized carbons (Fsp3) is 0.556. The maximum absolute atomic E-state index is 8.59. The van der Waals surface area contributed by atoms with Gasteiger partial charge in [0.2, 0.25) is 0 Å². The average molecular weight is 142 g/mol. The molecule has 0 bridgehead atoms. The van der Waals surface area contributed by atoms with E-state index >= 15 is 0 Å². The summed E-state index contributed by atoms with van der Waals surface area (Å²) in [4.78, 5) is 0. The van der Waals surface area contributed by atoms with Crippen molar-refractivity contribution in [1.82, 2.24) is 0 Å². The number of hydrogen-bond donors (Lipinski definition) is 1. The van der Waals surface area contributed by atoms with Gasteiger partial charge in [0.25, 0.3) is 0 Å². The third kappa shape index (κ3) is 15.7. The summed E-state index contributed by atoms with van der Waals surface area (Å²) < 4.78 is 0. The number of allylic oxidation sites excluding steroid dienone is 4. The lowest BCUT2D eigenvalue weighted by Gasteiger charge is -1.80. The van der Waals surface area contributed by atoms with E-state index in [1.807, 2.05) is 26.0 Å². The molecular weight excluding hydrogens is 124 g/mol. The van der Waals surface area contributed by atoms with Gasteiger partial charge in [-0.1, -0.05) is 32.9 Å². The van der Waals surface area contributed by atoms with Crippen LogP contribution in [0.2, 0.25) is 0 Å². The van der Waals surface area contributed by atoms with E-state index < -0.39 is 0 Å². The molecule has 0 rings (SSSR count). The predicted molar refractivity (Wildman–Crippen MR) is 47.2 cm³/mol. The first-order chi connectivity index (χ1) is 4.77. The van der Waals surface area contributed by atoms with Gasteiger partial charge in [-0.25, -0.2) is 0 Å². The largest absolute Gasteiger partial charge is 0.513 e. The van der Waals surface area contributed by atoms with Crippen LogP contribution in [0.15, 0.2) is 24.0 Å². The van der Waals surface area contributed by atoms with Gasteiger partial charge >= 0.3 is 0 Å². The fourth-order valence-electron chi connectivity index (χ4n) is 0.343. The Hall–Kier alpha value is -0.720. The first kappa shape index (κ1) is 12.0. The second-order valence-electron chi connectivity index (χ2n) is 1.64. The molecular formula is C9H18O. The van der Waals surface area contributed by atoms with Crippen molar-refractivity contribution < 1.29 is 5.11 Å². The summed E-state index contributed by atoms with van der Waals surface area (Å²) in [5, 5.41) is 8.59. The minimum atomic E-state index is 0.356. The molecule has 0 aliphatic heterocycles. The van der Waals surface area contributed by atoms with E-state index in [4.69, 9.17) is 5.11 Å². The molecule has 0 atom stereocenters. The van der Waals surface area contributed by atoms with E-state index in [0.29, 0.717) is 5.76 Å². The Morgan fingerprint density at radius 2 is 1.90 bits per heavy atom. The topological polar surface area (TPSA) is 20.2 Å². The van der Waals surface area contributed by atoms with Crippen LogP contribution in [0, 0.1) is 0 Å². The lowest BCUT2D eigenvalue weighted by molar-refractivity contribution is 0.414. The second-order valence-corrected chi connectivity index (χ2v) is 1.64. The molecule has 0 aromatic carbocycles. The molecule has 0 saturated heterocycles. The molecule has 0 aromatic rings. The Morgan fingerprint density at radius 3 is 2.20 bits per heavy atom. The minimum Gasteiger partial charge on any atom is -0.513 e. The highest BCUT2D eigenvalue weighted by molar-refractivity contribution is 5.04. The maximum Gasteiger partial charge on any atom is 0.0891 e. The van der Waals surface area contributed by atoms with Crippen LogP contribution in [0.5, 0.6) is 0 Å². The zero-order valence-corrected chi connectivity index (χ0v) is 7.39. The first-order valence-electron chi connectivity index (χ1n) is 3.79. The third-order valence-corrected chi connectivity index (χ3v) is 0.709. The Kier molecular flexibility index (Phi) is 13.4. The van der Waals surface area contributed by atoms with Crippen molar-refractivity contribution in [2.45, 2.75) is 34.1 Å². The molecule has 10 heavy (non-hydrogen) atoms. The average Bonchev–Trinajstić information content (AvgIpc) is 1.92. The predicted octanol–water partition coefficient (Wildman–Crippen LogP) is 3.44. The van der Waals surface area contributed by atoms with Crippen LogP contribution in [0.1, 0.15) is 34.1 Å². The highest BCUT2D eigenvalue weighted by atomic mass is 16.3. The van der Waals surface area contributed by atoms with E-state index in [0.717, 1.165) is 6.42 Å². The number of hydrogen-bond acceptors (Lipinski definition) is 1. The van der Waals surface area contributed by atoms with Crippen LogP contribution >= 0.6 is 0 Å². The second kappa shape index (κ2) is 11.1. The van der Waals surface area contributed by atoms with Crippen LogP contribution in [0.25, 0.3) is 0 Å². The van der Waals surface area contributed by atoms with Crippen LogP contribution in [0.3, 0.4) is 0 Å². The SMILES string of the molecule is CC.CC/C=C\C=C(/C)O. The molecule has 1 nitrogen and oxygen atoms in total. The molecule has 0 amide bonds. The molecule has 0 heterocycles. The van der Waals surface area contributed by atoms with Gasteiger partial charge < -0.3 is 5.11 Å². The summed E-state index contributed by atoms with van der Waals surface area (Å²) in [6, 6.07) is 0. The van der Waals surface area contributed by atoms with Crippen LogP contribution in [-0.2, 0) is 0 Å². The molecule has 0 radical (unpaired) electrons. The molecule has 0 aliphatic rings. The highest BCUT2D eigenvalue weighted by Crippen LogP contribution is 1.86. The zero-order chi connectivity index (χ0) is 8.41. The summed E-state index contributed by atoms with van der Waals surface area (Å²) in [5.74, 6) is 0.356. The Labute approximate surface area is 64.1 Å². The Bertz CT molecular complexity index is 97.3. The van der Waals surface area contributed by atoms with Gasteiger partial charge in [0, 0.05) is 0 Å². The molecule has 0 fully saturated rings. The normalized spacial score (nSPS) is 11.0. The van der Waals surface area contributed by atoms with E-state index in [1.54, 1.807) is 13.0 Å². The quantitative estimate of drug-likeness (QED) is 0.462. The monoisotopic (exact) mass is 142 g/mol. The molecule has 0 spiro atoms. The summed E-state index contributed by atoms with van der Waals surface area (Å²) in [5.41, 5.74) is 0. The minimum absolute atomic E-state index is 0.356. The molecule has 60 valence electrons. The number of rotatable bonds is 2. The van der Waals surface area contributed by atoms with E-state index in [-0.39, 0.29) is 0 Å². The number of aliphatic hydroxyl groups excluding tert-OH is 1. The van der Waals surface area contributed by atoms with Crippen molar-refractivity contribution in [3.05, 3.63) is 24.0 Å². The molecule has 0 aliphatic carbocycles. The molecule has 1 N–H and O–H groups in total. The molecule has 0 aromatic heterocycles. The van der Waals surface area contributed by atoms with Crippen molar-refractivity contribution >= 4 is 0 Å². The zero-order valence-electron chi connectivity index (χ0n) is 7.39. The van der Waals surface area contributed by atoms with Gasteiger partial charge in [-0.2, -0.15) is 0 Å². The summed E-state index contributed by atoms with van der Waals surface area (Å²) in [6.45, 7) is 7.71. The van der Waals surface area contributed by atoms with Crippen molar-refractivity contribution in [3.8, 4) is 0 Å². The smallest absolute Gasteiger partial charge is 0.0891 e. The van der Waals surface area contributed by atoms with Crippen molar-refractivity contribution in [3.63, 3.8) is 0 Å².